The second-order valence-corrected chi connectivity index (χ2v) is 6.61. The van der Waals surface area contributed by atoms with Gasteiger partial charge in [0.25, 0.3) is 0 Å². The molecule has 1 aromatic rings. The smallest absolute Gasteiger partial charge is 0.0328 e. The summed E-state index contributed by atoms with van der Waals surface area (Å²) in [5, 5.41) is 2.17. The van der Waals surface area contributed by atoms with Crippen LogP contribution in [-0.2, 0) is 6.54 Å². The van der Waals surface area contributed by atoms with Crippen LogP contribution in [0.2, 0.25) is 0 Å². The summed E-state index contributed by atoms with van der Waals surface area (Å²) < 4.78 is 1.22. The highest BCUT2D eigenvalue weighted by molar-refractivity contribution is 9.10. The molecule has 0 N–H and O–H groups in total. The van der Waals surface area contributed by atoms with Crippen molar-refractivity contribution in [2.24, 2.45) is 0 Å². The molecule has 2 heterocycles. The lowest BCUT2D eigenvalue weighted by Crippen LogP contribution is -2.24. The van der Waals surface area contributed by atoms with Crippen molar-refractivity contribution in [2.75, 3.05) is 24.6 Å². The number of halogens is 1. The van der Waals surface area contributed by atoms with Crippen LogP contribution in [0, 0.1) is 0 Å². The van der Waals surface area contributed by atoms with Crippen molar-refractivity contribution in [3.8, 4) is 0 Å². The maximum Gasteiger partial charge on any atom is 0.0328 e. The van der Waals surface area contributed by atoms with Gasteiger partial charge in [0.05, 0.1) is 0 Å². The van der Waals surface area contributed by atoms with E-state index in [-0.39, 0.29) is 0 Å². The van der Waals surface area contributed by atoms with E-state index in [1.54, 1.807) is 0 Å². The number of hydrogen-bond donors (Lipinski definition) is 0. The molecular weight excluding hydrogens is 278 g/mol. The van der Waals surface area contributed by atoms with Crippen molar-refractivity contribution in [1.29, 1.82) is 0 Å². The molecule has 78 valence electrons. The number of thiophene rings is 1. The summed E-state index contributed by atoms with van der Waals surface area (Å²) in [6, 6.07) is 2.24. The standard InChI is InChI=1S/C10H14BrNS2/c11-9-6-10(14-8-9)7-12-2-1-4-13-5-3-12/h6,8H,1-5,7H2. The van der Waals surface area contributed by atoms with Gasteiger partial charge in [-0.1, -0.05) is 0 Å². The molecule has 0 unspecified atom stereocenters. The molecule has 2 rings (SSSR count). The second kappa shape index (κ2) is 5.54. The van der Waals surface area contributed by atoms with E-state index < -0.39 is 0 Å². The third-order valence-electron chi connectivity index (χ3n) is 2.32. The summed E-state index contributed by atoms with van der Waals surface area (Å²) in [5.41, 5.74) is 0. The zero-order chi connectivity index (χ0) is 9.80. The minimum Gasteiger partial charge on any atom is -0.297 e. The Labute approximate surface area is 102 Å². The molecule has 14 heavy (non-hydrogen) atoms. The predicted molar refractivity (Wildman–Crippen MR) is 69.2 cm³/mol. The van der Waals surface area contributed by atoms with Crippen molar-refractivity contribution < 1.29 is 0 Å². The highest BCUT2D eigenvalue weighted by Crippen LogP contribution is 2.22. The number of nitrogens with zero attached hydrogens (tertiary/aromatic N) is 1. The minimum absolute atomic E-state index is 1.14. The lowest BCUT2D eigenvalue weighted by Gasteiger charge is -2.17. The van der Waals surface area contributed by atoms with Gasteiger partial charge in [0, 0.05) is 33.6 Å². The molecule has 1 aliphatic rings. The van der Waals surface area contributed by atoms with Crippen LogP contribution in [0.1, 0.15) is 11.3 Å². The Morgan fingerprint density at radius 2 is 2.29 bits per heavy atom. The molecule has 1 aromatic heterocycles. The van der Waals surface area contributed by atoms with Gasteiger partial charge in [0.15, 0.2) is 0 Å². The molecule has 1 nitrogen and oxygen atoms in total. The quantitative estimate of drug-likeness (QED) is 0.821. The van der Waals surface area contributed by atoms with Gasteiger partial charge in [-0.05, 0) is 40.7 Å². The van der Waals surface area contributed by atoms with E-state index in [0.29, 0.717) is 0 Å². The normalized spacial score (nSPS) is 19.5. The van der Waals surface area contributed by atoms with Gasteiger partial charge in [-0.25, -0.2) is 0 Å². The largest absolute Gasteiger partial charge is 0.297 e. The fourth-order valence-electron chi connectivity index (χ4n) is 1.61. The van der Waals surface area contributed by atoms with Crippen molar-refractivity contribution in [3.05, 3.63) is 20.8 Å². The van der Waals surface area contributed by atoms with E-state index in [2.05, 4.69) is 44.0 Å². The van der Waals surface area contributed by atoms with Crippen LogP contribution >= 0.6 is 39.0 Å². The van der Waals surface area contributed by atoms with Crippen molar-refractivity contribution in [2.45, 2.75) is 13.0 Å². The first-order valence-corrected chi connectivity index (χ1v) is 7.70. The summed E-state index contributed by atoms with van der Waals surface area (Å²) in [5.74, 6) is 2.64. The van der Waals surface area contributed by atoms with E-state index in [1.165, 1.54) is 40.4 Å². The molecule has 0 aliphatic carbocycles. The highest BCUT2D eigenvalue weighted by Gasteiger charge is 2.10. The van der Waals surface area contributed by atoms with Crippen LogP contribution < -0.4 is 0 Å². The molecule has 1 saturated heterocycles. The first-order chi connectivity index (χ1) is 6.84. The molecule has 0 spiro atoms. The Kier molecular flexibility index (Phi) is 4.35. The Balaban J connectivity index is 1.89. The molecular formula is C10H14BrNS2. The van der Waals surface area contributed by atoms with Crippen molar-refractivity contribution in [1.82, 2.24) is 4.90 Å². The Morgan fingerprint density at radius 3 is 3.07 bits per heavy atom. The Bertz CT molecular complexity index is 279. The average molecular weight is 292 g/mol. The van der Waals surface area contributed by atoms with Crippen LogP contribution in [0.3, 0.4) is 0 Å². The molecule has 0 bridgehead atoms. The van der Waals surface area contributed by atoms with Gasteiger partial charge in [0.1, 0.15) is 0 Å². The van der Waals surface area contributed by atoms with Gasteiger partial charge in [-0.3, -0.25) is 4.90 Å². The van der Waals surface area contributed by atoms with E-state index >= 15 is 0 Å². The van der Waals surface area contributed by atoms with Crippen LogP contribution in [0.25, 0.3) is 0 Å². The number of thioether (sulfide) groups is 1. The fraction of sp³-hybridized carbons (Fsp3) is 0.600. The average Bonchev–Trinajstić information content (AvgIpc) is 2.43. The monoisotopic (exact) mass is 291 g/mol. The SMILES string of the molecule is Brc1csc(CN2CCCSCC2)c1. The Hall–Kier alpha value is 0.490. The first-order valence-electron chi connectivity index (χ1n) is 4.87. The molecule has 1 aliphatic heterocycles. The second-order valence-electron chi connectivity index (χ2n) is 3.47. The number of hydrogen-bond acceptors (Lipinski definition) is 3. The van der Waals surface area contributed by atoms with Gasteiger partial charge in [-0.15, -0.1) is 11.3 Å². The van der Waals surface area contributed by atoms with E-state index in [9.17, 15) is 0 Å². The third-order valence-corrected chi connectivity index (χ3v) is 5.05. The van der Waals surface area contributed by atoms with Gasteiger partial charge in [0.2, 0.25) is 0 Å². The highest BCUT2D eigenvalue weighted by atomic mass is 79.9. The lowest BCUT2D eigenvalue weighted by atomic mass is 10.3. The maximum atomic E-state index is 3.50. The summed E-state index contributed by atoms with van der Waals surface area (Å²) in [6.07, 6.45) is 1.34. The summed E-state index contributed by atoms with van der Waals surface area (Å²) in [6.45, 7) is 3.65. The molecule has 4 heteroatoms. The van der Waals surface area contributed by atoms with Crippen molar-refractivity contribution >= 4 is 39.0 Å². The molecule has 0 atom stereocenters. The zero-order valence-corrected chi connectivity index (χ0v) is 11.3. The van der Waals surface area contributed by atoms with Crippen molar-refractivity contribution in [3.63, 3.8) is 0 Å². The van der Waals surface area contributed by atoms with Gasteiger partial charge >= 0.3 is 0 Å². The van der Waals surface area contributed by atoms with E-state index in [1.807, 2.05) is 11.3 Å². The topological polar surface area (TPSA) is 3.24 Å². The zero-order valence-electron chi connectivity index (χ0n) is 8.04. The van der Waals surface area contributed by atoms with Crippen LogP contribution in [-0.4, -0.2) is 29.5 Å². The maximum absolute atomic E-state index is 3.50. The lowest BCUT2D eigenvalue weighted by molar-refractivity contribution is 0.290. The van der Waals surface area contributed by atoms with Gasteiger partial charge < -0.3 is 0 Å². The van der Waals surface area contributed by atoms with E-state index in [0.717, 1.165) is 6.54 Å². The Morgan fingerprint density at radius 1 is 1.36 bits per heavy atom. The summed E-state index contributed by atoms with van der Waals surface area (Å²) in [4.78, 5) is 4.04. The summed E-state index contributed by atoms with van der Waals surface area (Å²) >= 11 is 7.44. The third kappa shape index (κ3) is 3.26. The molecule has 0 radical (unpaired) electrons. The van der Waals surface area contributed by atoms with Crippen LogP contribution in [0.4, 0.5) is 0 Å². The van der Waals surface area contributed by atoms with Crippen LogP contribution in [0.15, 0.2) is 15.9 Å². The first kappa shape index (κ1) is 11.0. The van der Waals surface area contributed by atoms with Gasteiger partial charge in [-0.2, -0.15) is 11.8 Å². The molecule has 0 saturated carbocycles. The molecule has 0 amide bonds. The predicted octanol–water partition coefficient (Wildman–Crippen LogP) is 3.45. The van der Waals surface area contributed by atoms with Crippen LogP contribution in [0.5, 0.6) is 0 Å². The minimum atomic E-state index is 1.14. The number of rotatable bonds is 2. The fourth-order valence-corrected chi connectivity index (χ4v) is 4.03. The van der Waals surface area contributed by atoms with E-state index in [4.69, 9.17) is 0 Å². The molecule has 0 aromatic carbocycles. The summed E-state index contributed by atoms with van der Waals surface area (Å²) in [7, 11) is 0. The molecule has 1 fully saturated rings.